The molecule has 1 N–H and O–H groups in total. The molecule has 3 rings (SSSR count). The molecule has 2 aromatic rings. The molecule has 0 unspecified atom stereocenters. The van der Waals surface area contributed by atoms with Gasteiger partial charge in [-0.2, -0.15) is 5.10 Å². The second-order valence-corrected chi connectivity index (χ2v) is 6.74. The van der Waals surface area contributed by atoms with E-state index in [-0.39, 0.29) is 11.4 Å². The van der Waals surface area contributed by atoms with E-state index in [1.807, 2.05) is 39.7 Å². The predicted octanol–water partition coefficient (Wildman–Crippen LogP) is 2.02. The molecule has 130 valence electrons. The number of carbonyl (C=O) groups is 1. The number of carbonyl (C=O) groups excluding carboxylic acids is 1. The summed E-state index contributed by atoms with van der Waals surface area (Å²) < 4.78 is 3.91. The Morgan fingerprint density at radius 3 is 2.79 bits per heavy atom. The van der Waals surface area contributed by atoms with Crippen LogP contribution in [0.1, 0.15) is 32.0 Å². The summed E-state index contributed by atoms with van der Waals surface area (Å²) in [5.74, 6) is 0.899. The summed E-state index contributed by atoms with van der Waals surface area (Å²) in [5, 5.41) is 7.40. The SMILES string of the molecule is CCCN(Cc1nccn1C)C(=O)NCC1(Cn2cccn2)CC1. The zero-order valence-electron chi connectivity index (χ0n) is 14.5. The van der Waals surface area contributed by atoms with Gasteiger partial charge in [0.25, 0.3) is 0 Å². The Hall–Kier alpha value is -2.31. The fraction of sp³-hybridized carbons (Fsp3) is 0.588. The van der Waals surface area contributed by atoms with Crippen molar-refractivity contribution in [3.8, 4) is 0 Å². The number of rotatable bonds is 8. The van der Waals surface area contributed by atoms with Crippen molar-refractivity contribution in [2.75, 3.05) is 13.1 Å². The van der Waals surface area contributed by atoms with E-state index in [1.54, 1.807) is 12.4 Å². The van der Waals surface area contributed by atoms with Gasteiger partial charge in [0, 0.05) is 56.9 Å². The molecule has 0 aromatic carbocycles. The minimum absolute atomic E-state index is 0.00779. The minimum Gasteiger partial charge on any atom is -0.337 e. The highest BCUT2D eigenvalue weighted by Gasteiger charge is 2.43. The molecule has 0 aliphatic heterocycles. The van der Waals surface area contributed by atoms with Crippen LogP contribution in [0.5, 0.6) is 0 Å². The van der Waals surface area contributed by atoms with Gasteiger partial charge in [-0.25, -0.2) is 9.78 Å². The smallest absolute Gasteiger partial charge is 0.317 e. The van der Waals surface area contributed by atoms with E-state index >= 15 is 0 Å². The van der Waals surface area contributed by atoms with Crippen LogP contribution in [0.3, 0.4) is 0 Å². The van der Waals surface area contributed by atoms with E-state index in [0.29, 0.717) is 13.1 Å². The zero-order valence-corrected chi connectivity index (χ0v) is 14.5. The Morgan fingerprint density at radius 1 is 1.38 bits per heavy atom. The van der Waals surface area contributed by atoms with Crippen molar-refractivity contribution in [1.29, 1.82) is 0 Å². The number of hydrogen-bond donors (Lipinski definition) is 1. The third-order valence-electron chi connectivity index (χ3n) is 4.66. The Bertz CT molecular complexity index is 658. The lowest BCUT2D eigenvalue weighted by Crippen LogP contribution is -2.43. The Morgan fingerprint density at radius 2 is 2.21 bits per heavy atom. The summed E-state index contributed by atoms with van der Waals surface area (Å²) in [6, 6.07) is 1.93. The van der Waals surface area contributed by atoms with E-state index in [9.17, 15) is 4.79 Å². The molecule has 1 fully saturated rings. The average Bonchev–Trinajstić information content (AvgIpc) is 2.93. The highest BCUT2D eigenvalue weighted by molar-refractivity contribution is 5.74. The van der Waals surface area contributed by atoms with Crippen LogP contribution >= 0.6 is 0 Å². The molecule has 0 bridgehead atoms. The highest BCUT2D eigenvalue weighted by atomic mass is 16.2. The molecule has 2 heterocycles. The lowest BCUT2D eigenvalue weighted by atomic mass is 10.1. The molecule has 0 radical (unpaired) electrons. The average molecular weight is 330 g/mol. The van der Waals surface area contributed by atoms with Gasteiger partial charge in [-0.05, 0) is 25.3 Å². The summed E-state index contributed by atoms with van der Waals surface area (Å²) in [5.41, 5.74) is 0.169. The molecule has 1 aliphatic carbocycles. The molecule has 1 aliphatic rings. The molecule has 0 spiro atoms. The molecular formula is C17H26N6O. The third kappa shape index (κ3) is 3.96. The summed E-state index contributed by atoms with van der Waals surface area (Å²) >= 11 is 0. The molecular weight excluding hydrogens is 304 g/mol. The van der Waals surface area contributed by atoms with Crippen molar-refractivity contribution in [1.82, 2.24) is 29.5 Å². The second-order valence-electron chi connectivity index (χ2n) is 6.74. The second kappa shape index (κ2) is 7.07. The highest BCUT2D eigenvalue weighted by Crippen LogP contribution is 2.46. The fourth-order valence-electron chi connectivity index (χ4n) is 2.92. The van der Waals surface area contributed by atoms with E-state index in [4.69, 9.17) is 0 Å². The first-order valence-electron chi connectivity index (χ1n) is 8.58. The van der Waals surface area contributed by atoms with Crippen LogP contribution in [0, 0.1) is 5.41 Å². The molecule has 2 amide bonds. The van der Waals surface area contributed by atoms with E-state index in [2.05, 4.69) is 22.3 Å². The van der Waals surface area contributed by atoms with Crippen LogP contribution in [0.25, 0.3) is 0 Å². The number of amides is 2. The van der Waals surface area contributed by atoms with Crippen LogP contribution in [-0.4, -0.2) is 43.4 Å². The van der Waals surface area contributed by atoms with E-state index in [0.717, 1.165) is 38.2 Å². The molecule has 2 aromatic heterocycles. The van der Waals surface area contributed by atoms with Gasteiger partial charge in [0.1, 0.15) is 5.82 Å². The Labute approximate surface area is 142 Å². The normalized spacial score (nSPS) is 15.2. The van der Waals surface area contributed by atoms with Crippen molar-refractivity contribution >= 4 is 6.03 Å². The number of hydrogen-bond acceptors (Lipinski definition) is 3. The van der Waals surface area contributed by atoms with E-state index < -0.39 is 0 Å². The van der Waals surface area contributed by atoms with Crippen molar-refractivity contribution in [3.05, 3.63) is 36.7 Å². The zero-order chi connectivity index (χ0) is 17.0. The lowest BCUT2D eigenvalue weighted by molar-refractivity contribution is 0.189. The first-order chi connectivity index (χ1) is 11.6. The first-order valence-corrected chi connectivity index (χ1v) is 8.58. The van der Waals surface area contributed by atoms with Crippen molar-refractivity contribution in [2.45, 2.75) is 39.3 Å². The predicted molar refractivity (Wildman–Crippen MR) is 91.2 cm³/mol. The molecule has 7 nitrogen and oxygen atoms in total. The van der Waals surface area contributed by atoms with Crippen molar-refractivity contribution in [3.63, 3.8) is 0 Å². The molecule has 1 saturated carbocycles. The minimum atomic E-state index is -0.00779. The number of nitrogens with one attached hydrogen (secondary N) is 1. The summed E-state index contributed by atoms with van der Waals surface area (Å²) in [6.07, 6.45) is 10.6. The fourth-order valence-corrected chi connectivity index (χ4v) is 2.92. The van der Waals surface area contributed by atoms with Gasteiger partial charge in [-0.1, -0.05) is 6.92 Å². The Kier molecular flexibility index (Phi) is 4.87. The van der Waals surface area contributed by atoms with Crippen LogP contribution in [0.2, 0.25) is 0 Å². The van der Waals surface area contributed by atoms with Gasteiger partial charge in [-0.3, -0.25) is 4.68 Å². The molecule has 0 atom stereocenters. The van der Waals surface area contributed by atoms with Crippen LogP contribution in [0.15, 0.2) is 30.9 Å². The monoisotopic (exact) mass is 330 g/mol. The Balaban J connectivity index is 1.54. The van der Waals surface area contributed by atoms with Crippen LogP contribution in [0.4, 0.5) is 4.79 Å². The summed E-state index contributed by atoms with van der Waals surface area (Å²) in [4.78, 5) is 18.8. The maximum absolute atomic E-state index is 12.6. The number of aryl methyl sites for hydroxylation is 1. The van der Waals surface area contributed by atoms with Gasteiger partial charge in [0.2, 0.25) is 0 Å². The topological polar surface area (TPSA) is 68.0 Å². The molecule has 0 saturated heterocycles. The molecule has 24 heavy (non-hydrogen) atoms. The maximum atomic E-state index is 12.6. The third-order valence-corrected chi connectivity index (χ3v) is 4.66. The first kappa shape index (κ1) is 16.5. The van der Waals surface area contributed by atoms with Gasteiger partial charge in [-0.15, -0.1) is 0 Å². The van der Waals surface area contributed by atoms with Gasteiger partial charge >= 0.3 is 6.03 Å². The van der Waals surface area contributed by atoms with E-state index in [1.165, 1.54) is 0 Å². The standard InChI is InChI=1S/C17H26N6O/c1-3-9-22(12-15-18-8-11-21(15)2)16(24)19-13-17(5-6-17)14-23-10-4-7-20-23/h4,7-8,10-11H,3,5-6,9,12-14H2,1-2H3,(H,19,24). The van der Waals surface area contributed by atoms with Crippen LogP contribution < -0.4 is 5.32 Å². The quantitative estimate of drug-likeness (QED) is 0.805. The number of nitrogens with zero attached hydrogens (tertiary/aromatic N) is 5. The largest absolute Gasteiger partial charge is 0.337 e. The van der Waals surface area contributed by atoms with Gasteiger partial charge < -0.3 is 14.8 Å². The van der Waals surface area contributed by atoms with Gasteiger partial charge in [0.05, 0.1) is 6.54 Å². The maximum Gasteiger partial charge on any atom is 0.317 e. The molecule has 7 heteroatoms. The van der Waals surface area contributed by atoms with Crippen molar-refractivity contribution < 1.29 is 4.79 Å². The summed E-state index contributed by atoms with van der Waals surface area (Å²) in [6.45, 7) is 4.92. The van der Waals surface area contributed by atoms with Crippen molar-refractivity contribution in [2.24, 2.45) is 12.5 Å². The number of aromatic nitrogens is 4. The number of urea groups is 1. The van der Waals surface area contributed by atoms with Gasteiger partial charge in [0.15, 0.2) is 0 Å². The lowest BCUT2D eigenvalue weighted by Gasteiger charge is -2.24. The number of imidazole rings is 1. The van der Waals surface area contributed by atoms with Crippen LogP contribution in [-0.2, 0) is 20.1 Å². The summed E-state index contributed by atoms with van der Waals surface area (Å²) in [7, 11) is 1.95.